The van der Waals surface area contributed by atoms with Gasteiger partial charge in [0.1, 0.15) is 0 Å². The van der Waals surface area contributed by atoms with Gasteiger partial charge >= 0.3 is 0 Å². The molecule has 0 bridgehead atoms. The van der Waals surface area contributed by atoms with Crippen molar-refractivity contribution in [2.75, 3.05) is 20.1 Å². The summed E-state index contributed by atoms with van der Waals surface area (Å²) in [6.45, 7) is 10.5. The summed E-state index contributed by atoms with van der Waals surface area (Å²) in [6.07, 6.45) is 6.78. The molecule has 1 rings (SSSR count). The number of aliphatic imine (C=N–C) groups is 1. The largest absolute Gasteiger partial charge is 0.356 e. The summed E-state index contributed by atoms with van der Waals surface area (Å²) < 4.78 is 5.26. The van der Waals surface area contributed by atoms with E-state index in [0.717, 1.165) is 43.6 Å². The number of guanidine groups is 1. The fourth-order valence-corrected chi connectivity index (χ4v) is 2.46. The molecule has 0 saturated heterocycles. The maximum atomic E-state index is 5.26. The third-order valence-electron chi connectivity index (χ3n) is 4.19. The molecule has 0 aliphatic heterocycles. The van der Waals surface area contributed by atoms with Crippen LogP contribution in [-0.2, 0) is 6.42 Å². The highest BCUT2D eigenvalue weighted by Crippen LogP contribution is 2.11. The first-order valence-corrected chi connectivity index (χ1v) is 9.37. The van der Waals surface area contributed by atoms with Crippen LogP contribution in [0.2, 0.25) is 0 Å². The van der Waals surface area contributed by atoms with Crippen molar-refractivity contribution in [2.24, 2.45) is 10.9 Å². The summed E-state index contributed by atoms with van der Waals surface area (Å²) >= 11 is 0. The molecule has 1 aromatic rings. The predicted molar refractivity (Wildman–Crippen MR) is 115 cm³/mol. The van der Waals surface area contributed by atoms with Crippen molar-refractivity contribution in [2.45, 2.75) is 72.1 Å². The van der Waals surface area contributed by atoms with Crippen molar-refractivity contribution in [3.63, 3.8) is 0 Å². The van der Waals surface area contributed by atoms with Gasteiger partial charge < -0.3 is 15.2 Å². The first-order valence-electron chi connectivity index (χ1n) is 9.37. The quantitative estimate of drug-likeness (QED) is 0.223. The Balaban J connectivity index is 0.00000576. The number of nitrogens with one attached hydrogen (secondary N) is 2. The number of hydrogen-bond acceptors (Lipinski definition) is 4. The van der Waals surface area contributed by atoms with Crippen LogP contribution in [0, 0.1) is 5.92 Å². The molecule has 146 valence electrons. The molecule has 0 spiro atoms. The summed E-state index contributed by atoms with van der Waals surface area (Å²) in [5.41, 5.74) is 0. The van der Waals surface area contributed by atoms with Crippen LogP contribution >= 0.6 is 24.0 Å². The van der Waals surface area contributed by atoms with E-state index in [9.17, 15) is 0 Å². The lowest BCUT2D eigenvalue weighted by atomic mass is 9.99. The minimum absolute atomic E-state index is 0. The lowest BCUT2D eigenvalue weighted by Crippen LogP contribution is -2.40. The lowest BCUT2D eigenvalue weighted by molar-refractivity contribution is 0.368. The first kappa shape index (κ1) is 24.1. The number of halogens is 1. The van der Waals surface area contributed by atoms with E-state index in [0.29, 0.717) is 11.8 Å². The molecule has 2 N–H and O–H groups in total. The molecule has 0 aliphatic rings. The van der Waals surface area contributed by atoms with Gasteiger partial charge in [-0.3, -0.25) is 4.99 Å². The lowest BCUT2D eigenvalue weighted by Gasteiger charge is -2.17. The Morgan fingerprint density at radius 1 is 1.20 bits per heavy atom. The smallest absolute Gasteiger partial charge is 0.226 e. The third-order valence-corrected chi connectivity index (χ3v) is 4.19. The number of aryl methyl sites for hydroxylation is 1. The van der Waals surface area contributed by atoms with Crippen LogP contribution in [-0.4, -0.2) is 36.2 Å². The van der Waals surface area contributed by atoms with Crippen molar-refractivity contribution < 1.29 is 4.52 Å². The number of aromatic nitrogens is 2. The maximum Gasteiger partial charge on any atom is 0.226 e. The molecule has 1 aromatic heterocycles. The zero-order chi connectivity index (χ0) is 17.8. The van der Waals surface area contributed by atoms with Crippen molar-refractivity contribution in [3.8, 4) is 0 Å². The van der Waals surface area contributed by atoms with Crippen LogP contribution in [0.15, 0.2) is 9.52 Å². The van der Waals surface area contributed by atoms with Crippen LogP contribution < -0.4 is 10.6 Å². The van der Waals surface area contributed by atoms with Crippen molar-refractivity contribution in [1.82, 2.24) is 20.8 Å². The van der Waals surface area contributed by atoms with Gasteiger partial charge in [0, 0.05) is 32.5 Å². The zero-order valence-electron chi connectivity index (χ0n) is 16.5. The summed E-state index contributed by atoms with van der Waals surface area (Å²) in [5.74, 6) is 3.40. The Kier molecular flexibility index (Phi) is 13.8. The first-order chi connectivity index (χ1) is 11.6. The molecule has 0 aromatic carbocycles. The molecule has 7 heteroatoms. The van der Waals surface area contributed by atoms with Gasteiger partial charge in [-0.2, -0.15) is 4.98 Å². The van der Waals surface area contributed by atoms with E-state index < -0.39 is 0 Å². The molecule has 0 saturated carbocycles. The fourth-order valence-electron chi connectivity index (χ4n) is 2.46. The van der Waals surface area contributed by atoms with E-state index in [4.69, 9.17) is 4.52 Å². The van der Waals surface area contributed by atoms with Gasteiger partial charge in [-0.05, 0) is 18.8 Å². The number of hydrogen-bond donors (Lipinski definition) is 2. The third kappa shape index (κ3) is 10.0. The van der Waals surface area contributed by atoms with Crippen LogP contribution in [0.4, 0.5) is 0 Å². The number of rotatable bonds is 11. The minimum atomic E-state index is 0. The average molecular weight is 465 g/mol. The topological polar surface area (TPSA) is 75.3 Å². The summed E-state index contributed by atoms with van der Waals surface area (Å²) in [5, 5.41) is 10.8. The zero-order valence-corrected chi connectivity index (χ0v) is 18.8. The maximum absolute atomic E-state index is 5.26. The molecule has 0 aliphatic carbocycles. The van der Waals surface area contributed by atoms with Crippen LogP contribution in [0.1, 0.15) is 77.4 Å². The van der Waals surface area contributed by atoms with Gasteiger partial charge in [0.15, 0.2) is 11.8 Å². The van der Waals surface area contributed by atoms with E-state index in [-0.39, 0.29) is 24.0 Å². The van der Waals surface area contributed by atoms with E-state index in [1.165, 1.54) is 25.7 Å². The van der Waals surface area contributed by atoms with Gasteiger partial charge in [-0.1, -0.05) is 52.1 Å². The Hall–Kier alpha value is -0.860. The Morgan fingerprint density at radius 2 is 1.96 bits per heavy atom. The van der Waals surface area contributed by atoms with Gasteiger partial charge in [0.05, 0.1) is 0 Å². The molecule has 25 heavy (non-hydrogen) atoms. The van der Waals surface area contributed by atoms with Crippen LogP contribution in [0.5, 0.6) is 0 Å². The second-order valence-electron chi connectivity index (χ2n) is 6.60. The Morgan fingerprint density at radius 3 is 2.52 bits per heavy atom. The van der Waals surface area contributed by atoms with E-state index in [1.807, 2.05) is 7.05 Å². The van der Waals surface area contributed by atoms with Crippen LogP contribution in [0.3, 0.4) is 0 Å². The molecule has 0 fully saturated rings. The van der Waals surface area contributed by atoms with Gasteiger partial charge in [-0.15, -0.1) is 24.0 Å². The van der Waals surface area contributed by atoms with Gasteiger partial charge in [0.2, 0.25) is 5.89 Å². The van der Waals surface area contributed by atoms with E-state index in [2.05, 4.69) is 53.5 Å². The number of nitrogens with zero attached hydrogens (tertiary/aromatic N) is 3. The second kappa shape index (κ2) is 14.3. The highest BCUT2D eigenvalue weighted by atomic mass is 127. The Labute approximate surface area is 170 Å². The number of unbranched alkanes of at least 4 members (excludes halogenated alkanes) is 1. The van der Waals surface area contributed by atoms with E-state index in [1.54, 1.807) is 0 Å². The van der Waals surface area contributed by atoms with Crippen molar-refractivity contribution in [1.29, 1.82) is 0 Å². The van der Waals surface area contributed by atoms with E-state index >= 15 is 0 Å². The molecule has 0 amide bonds. The second-order valence-corrected chi connectivity index (χ2v) is 6.60. The highest BCUT2D eigenvalue weighted by molar-refractivity contribution is 14.0. The predicted octanol–water partition coefficient (Wildman–Crippen LogP) is 4.13. The average Bonchev–Trinajstić information content (AvgIpc) is 3.06. The van der Waals surface area contributed by atoms with Crippen molar-refractivity contribution in [3.05, 3.63) is 11.7 Å². The molecular weight excluding hydrogens is 429 g/mol. The SMILES string of the molecule is CCCCC(CC)CNC(=NC)NCCCc1nc(C(C)C)no1.I. The molecule has 6 nitrogen and oxygen atoms in total. The summed E-state index contributed by atoms with van der Waals surface area (Å²) in [4.78, 5) is 8.68. The van der Waals surface area contributed by atoms with Gasteiger partial charge in [-0.25, -0.2) is 0 Å². The highest BCUT2D eigenvalue weighted by Gasteiger charge is 2.10. The van der Waals surface area contributed by atoms with Crippen molar-refractivity contribution >= 4 is 29.9 Å². The molecule has 1 atom stereocenters. The standard InChI is InChI=1S/C18H35N5O.HI/c1-6-8-10-15(7-2)13-21-18(19-5)20-12-9-11-16-22-17(14(3)4)23-24-16;/h14-15H,6-13H2,1-5H3,(H2,19,20,21);1H. The monoisotopic (exact) mass is 465 g/mol. The minimum Gasteiger partial charge on any atom is -0.356 e. The van der Waals surface area contributed by atoms with Crippen LogP contribution in [0.25, 0.3) is 0 Å². The summed E-state index contributed by atoms with van der Waals surface area (Å²) in [6, 6.07) is 0. The molecule has 1 unspecified atom stereocenters. The molecule has 1 heterocycles. The fraction of sp³-hybridized carbons (Fsp3) is 0.833. The molecule has 0 radical (unpaired) electrons. The van der Waals surface area contributed by atoms with Gasteiger partial charge in [0.25, 0.3) is 0 Å². The Bertz CT molecular complexity index is 476. The normalized spacial score (nSPS) is 12.8. The molecular formula is C18H36IN5O. The summed E-state index contributed by atoms with van der Waals surface area (Å²) in [7, 11) is 1.81.